The van der Waals surface area contributed by atoms with Crippen molar-refractivity contribution in [3.63, 3.8) is 0 Å². The molecule has 0 radical (unpaired) electrons. The number of rotatable bonds is 1. The van der Waals surface area contributed by atoms with Gasteiger partial charge in [-0.05, 0) is 32.0 Å². The number of nitriles is 1. The average molecular weight is 414 g/mol. The fraction of sp³-hybridized carbons (Fsp3) is 0.389. The van der Waals surface area contributed by atoms with Crippen LogP contribution >= 0.6 is 0 Å². The lowest BCUT2D eigenvalue weighted by molar-refractivity contribution is -0.258. The van der Waals surface area contributed by atoms with E-state index >= 15 is 0 Å². The van der Waals surface area contributed by atoms with Gasteiger partial charge in [-0.1, -0.05) is 0 Å². The zero-order chi connectivity index (χ0) is 21.7. The molecule has 4 rings (SSSR count). The summed E-state index contributed by atoms with van der Waals surface area (Å²) < 4.78 is 60.6. The van der Waals surface area contributed by atoms with E-state index in [1.807, 2.05) is 0 Å². The van der Waals surface area contributed by atoms with Gasteiger partial charge in [-0.25, -0.2) is 4.39 Å². The fourth-order valence-electron chi connectivity index (χ4n) is 4.31. The molecule has 29 heavy (non-hydrogen) atoms. The number of nitrogens with zero attached hydrogens (tertiary/aromatic N) is 2. The molecular formula is C18H14F4N2O5. The zero-order valence-corrected chi connectivity index (χ0v) is 14.9. The normalized spacial score (nSPS) is 29.7. The summed E-state index contributed by atoms with van der Waals surface area (Å²) >= 11 is 0. The number of hydrogen-bond acceptors (Lipinski definition) is 6. The van der Waals surface area contributed by atoms with Gasteiger partial charge in [-0.3, -0.25) is 4.57 Å². The van der Waals surface area contributed by atoms with Gasteiger partial charge in [0.1, 0.15) is 5.60 Å². The number of fused-ring (bicyclic) bond motifs is 5. The van der Waals surface area contributed by atoms with Gasteiger partial charge in [-0.2, -0.15) is 18.4 Å². The smallest absolute Gasteiger partial charge is 0.417 e. The highest BCUT2D eigenvalue weighted by atomic mass is 19.4. The van der Waals surface area contributed by atoms with E-state index in [1.165, 1.54) is 6.07 Å². The molecule has 7 nitrogen and oxygen atoms in total. The van der Waals surface area contributed by atoms with Crippen LogP contribution in [0.3, 0.4) is 0 Å². The Balaban J connectivity index is 2.01. The third-order valence-corrected chi connectivity index (χ3v) is 5.74. The Morgan fingerprint density at radius 3 is 2.28 bits per heavy atom. The number of aliphatic hydroxyl groups is 2. The lowest BCUT2D eigenvalue weighted by atomic mass is 9.74. The Labute approximate surface area is 160 Å². The summed E-state index contributed by atoms with van der Waals surface area (Å²) in [5.74, 6) is -4.73. The van der Waals surface area contributed by atoms with Crippen molar-refractivity contribution in [1.29, 1.82) is 5.26 Å². The highest BCUT2D eigenvalue weighted by Gasteiger charge is 2.77. The van der Waals surface area contributed by atoms with Gasteiger partial charge in [0, 0.05) is 0 Å². The Morgan fingerprint density at radius 1 is 1.14 bits per heavy atom. The Morgan fingerprint density at radius 2 is 1.72 bits per heavy atom. The van der Waals surface area contributed by atoms with Crippen LogP contribution in [0.15, 0.2) is 18.2 Å². The maximum Gasteiger partial charge on any atom is 0.417 e. The Kier molecular flexibility index (Phi) is 3.50. The molecular weight excluding hydrogens is 400 g/mol. The molecule has 11 heteroatoms. The second kappa shape index (κ2) is 5.21. The minimum atomic E-state index is -4.89. The first-order valence-electron chi connectivity index (χ1n) is 8.30. The molecule has 1 saturated heterocycles. The van der Waals surface area contributed by atoms with Gasteiger partial charge < -0.3 is 25.2 Å². The van der Waals surface area contributed by atoms with Crippen molar-refractivity contribution in [2.24, 2.45) is 0 Å². The summed E-state index contributed by atoms with van der Waals surface area (Å²) in [6.45, 7) is 2.21. The fourth-order valence-corrected chi connectivity index (χ4v) is 4.31. The minimum absolute atomic E-state index is 0.304. The van der Waals surface area contributed by atoms with Crippen molar-refractivity contribution in [3.05, 3.63) is 40.5 Å². The van der Waals surface area contributed by atoms with Crippen LogP contribution < -0.4 is 0 Å². The van der Waals surface area contributed by atoms with Crippen LogP contribution in [0.25, 0.3) is 5.69 Å². The molecule has 2 aromatic rings. The number of ether oxygens (including phenoxy) is 1. The monoisotopic (exact) mass is 414 g/mol. The summed E-state index contributed by atoms with van der Waals surface area (Å²) in [6.07, 6.45) is -7.31. The largest absolute Gasteiger partial charge is 0.494 e. The summed E-state index contributed by atoms with van der Waals surface area (Å²) in [7, 11) is 0. The van der Waals surface area contributed by atoms with Crippen LogP contribution in [-0.4, -0.2) is 37.0 Å². The molecule has 154 valence electrons. The first-order chi connectivity index (χ1) is 13.2. The van der Waals surface area contributed by atoms with Crippen molar-refractivity contribution >= 4 is 0 Å². The highest BCUT2D eigenvalue weighted by Crippen LogP contribution is 2.67. The van der Waals surface area contributed by atoms with E-state index in [2.05, 4.69) is 0 Å². The van der Waals surface area contributed by atoms with Crippen LogP contribution in [0, 0.1) is 11.3 Å². The second-order valence-corrected chi connectivity index (χ2v) is 7.40. The molecule has 1 aromatic heterocycles. The lowest BCUT2D eigenvalue weighted by Crippen LogP contribution is -2.55. The van der Waals surface area contributed by atoms with Gasteiger partial charge >= 0.3 is 6.18 Å². The van der Waals surface area contributed by atoms with Gasteiger partial charge in [0.2, 0.25) is 17.5 Å². The minimum Gasteiger partial charge on any atom is -0.494 e. The molecule has 3 atom stereocenters. The summed E-state index contributed by atoms with van der Waals surface area (Å²) in [4.78, 5) is 0. The van der Waals surface area contributed by atoms with E-state index in [0.29, 0.717) is 10.6 Å². The first-order valence-corrected chi connectivity index (χ1v) is 8.30. The van der Waals surface area contributed by atoms with Gasteiger partial charge in [0.05, 0.1) is 34.0 Å². The van der Waals surface area contributed by atoms with E-state index in [-0.39, 0.29) is 16.8 Å². The third-order valence-electron chi connectivity index (χ3n) is 5.74. The molecule has 2 aliphatic rings. The quantitative estimate of drug-likeness (QED) is 0.420. The number of benzene rings is 1. The van der Waals surface area contributed by atoms with Crippen molar-refractivity contribution < 1.29 is 42.7 Å². The number of hydrogen-bond donors (Lipinski definition) is 4. The molecule has 2 aliphatic heterocycles. The van der Waals surface area contributed by atoms with Crippen molar-refractivity contribution in [3.8, 4) is 23.5 Å². The SMILES string of the molecule is C[C@]12O[C@](C)(c3c1c(O)n(-c1ccc(C#N)c(C(F)(F)F)c1)c3O)[C@H](F)C2(O)O. The number of alkyl halides is 4. The number of halogens is 4. The second-order valence-electron chi connectivity index (χ2n) is 7.40. The Hall–Kier alpha value is -2.81. The summed E-state index contributed by atoms with van der Waals surface area (Å²) in [6, 6.07) is 3.86. The molecule has 0 spiro atoms. The van der Waals surface area contributed by atoms with Crippen LogP contribution in [0.5, 0.6) is 11.8 Å². The topological polar surface area (TPSA) is 119 Å². The van der Waals surface area contributed by atoms with Crippen LogP contribution in [0.4, 0.5) is 17.6 Å². The summed E-state index contributed by atoms with van der Waals surface area (Å²) in [5, 5.41) is 50.6. The lowest BCUT2D eigenvalue weighted by Gasteiger charge is -2.35. The first kappa shape index (κ1) is 19.5. The predicted molar refractivity (Wildman–Crippen MR) is 86.7 cm³/mol. The van der Waals surface area contributed by atoms with Crippen LogP contribution in [-0.2, 0) is 22.1 Å². The van der Waals surface area contributed by atoms with Crippen LogP contribution in [0.1, 0.15) is 36.1 Å². The predicted octanol–water partition coefficient (Wildman–Crippen LogP) is 2.27. The van der Waals surface area contributed by atoms with Crippen molar-refractivity contribution in [2.45, 2.75) is 43.2 Å². The van der Waals surface area contributed by atoms with E-state index in [0.717, 1.165) is 26.0 Å². The molecule has 1 fully saturated rings. The maximum atomic E-state index is 14.7. The third kappa shape index (κ3) is 2.06. The van der Waals surface area contributed by atoms with E-state index < -0.39 is 52.2 Å². The molecule has 3 heterocycles. The van der Waals surface area contributed by atoms with Gasteiger partial charge in [0.15, 0.2) is 11.8 Å². The standard InChI is InChI=1S/C18H14F4N2O5/c1-15-10-11(16(2,29-15)17(27,28)14(15)19)13(26)24(12(10)25)8-4-3-7(6-23)9(5-8)18(20,21)22/h3-5,14,25-28H,1-2H3/t14-,15+,16-/m0/s1. The number of aromatic nitrogens is 1. The Bertz CT molecular complexity index is 1100. The summed E-state index contributed by atoms with van der Waals surface area (Å²) in [5.41, 5.74) is -7.26. The molecule has 0 saturated carbocycles. The molecule has 0 unspecified atom stereocenters. The van der Waals surface area contributed by atoms with E-state index in [1.54, 1.807) is 0 Å². The maximum absolute atomic E-state index is 14.7. The molecule has 2 bridgehead atoms. The molecule has 0 aliphatic carbocycles. The zero-order valence-electron chi connectivity index (χ0n) is 14.9. The molecule has 4 N–H and O–H groups in total. The molecule has 1 aromatic carbocycles. The van der Waals surface area contributed by atoms with Crippen molar-refractivity contribution in [1.82, 2.24) is 4.57 Å². The average Bonchev–Trinajstić information content (AvgIpc) is 3.09. The molecule has 0 amide bonds. The van der Waals surface area contributed by atoms with Crippen LogP contribution in [0.2, 0.25) is 0 Å². The van der Waals surface area contributed by atoms with Gasteiger partial charge in [0.25, 0.3) is 0 Å². The number of aromatic hydroxyl groups is 2. The highest BCUT2D eigenvalue weighted by molar-refractivity contribution is 5.63. The van der Waals surface area contributed by atoms with E-state index in [4.69, 9.17) is 10.00 Å². The van der Waals surface area contributed by atoms with Gasteiger partial charge in [-0.15, -0.1) is 0 Å². The van der Waals surface area contributed by atoms with Crippen molar-refractivity contribution in [2.75, 3.05) is 0 Å². The van der Waals surface area contributed by atoms with E-state index in [9.17, 15) is 38.0 Å².